The predicted molar refractivity (Wildman–Crippen MR) is 64.8 cm³/mol. The monoisotopic (exact) mass is 217 g/mol. The largest absolute Gasteiger partial charge is 0.372 e. The fraction of sp³-hybridized carbons (Fsp3) is 0.308. The van der Waals surface area contributed by atoms with E-state index in [1.807, 2.05) is 24.1 Å². The molecule has 0 aliphatic carbocycles. The molecule has 0 heterocycles. The van der Waals surface area contributed by atoms with Crippen LogP contribution >= 0.6 is 0 Å². The lowest BCUT2D eigenvalue weighted by molar-refractivity contribution is 0.112. The van der Waals surface area contributed by atoms with Gasteiger partial charge in [0.1, 0.15) is 12.9 Å². The van der Waals surface area contributed by atoms with Gasteiger partial charge in [0.25, 0.3) is 0 Å². The SMILES string of the molecule is C#CCOCCN(C)c1ccc(C=O)cc1. The molecule has 0 saturated carbocycles. The van der Waals surface area contributed by atoms with E-state index >= 15 is 0 Å². The summed E-state index contributed by atoms with van der Waals surface area (Å²) >= 11 is 0. The molecular weight excluding hydrogens is 202 g/mol. The van der Waals surface area contributed by atoms with Gasteiger partial charge in [0, 0.05) is 24.8 Å². The highest BCUT2D eigenvalue weighted by Crippen LogP contribution is 2.12. The van der Waals surface area contributed by atoms with E-state index in [0.717, 1.165) is 18.5 Å². The molecule has 16 heavy (non-hydrogen) atoms. The Morgan fingerprint density at radius 2 is 2.12 bits per heavy atom. The fourth-order valence-corrected chi connectivity index (χ4v) is 1.27. The summed E-state index contributed by atoms with van der Waals surface area (Å²) in [5.74, 6) is 2.42. The first-order valence-corrected chi connectivity index (χ1v) is 5.05. The molecule has 1 aromatic rings. The average Bonchev–Trinajstić information content (AvgIpc) is 2.34. The van der Waals surface area contributed by atoms with Crippen LogP contribution in [-0.4, -0.2) is 33.1 Å². The molecule has 0 aliphatic rings. The number of hydrogen-bond acceptors (Lipinski definition) is 3. The maximum Gasteiger partial charge on any atom is 0.150 e. The number of terminal acetylenes is 1. The number of anilines is 1. The molecule has 0 fully saturated rings. The second-order valence-corrected chi connectivity index (χ2v) is 3.39. The van der Waals surface area contributed by atoms with Gasteiger partial charge < -0.3 is 9.64 Å². The van der Waals surface area contributed by atoms with Crippen molar-refractivity contribution in [3.8, 4) is 12.3 Å². The molecule has 0 saturated heterocycles. The van der Waals surface area contributed by atoms with Crippen LogP contribution in [0.2, 0.25) is 0 Å². The topological polar surface area (TPSA) is 29.5 Å². The summed E-state index contributed by atoms with van der Waals surface area (Å²) in [5, 5.41) is 0. The zero-order valence-corrected chi connectivity index (χ0v) is 9.35. The third-order valence-corrected chi connectivity index (χ3v) is 2.23. The number of likely N-dealkylation sites (N-methyl/N-ethyl adjacent to an activating group) is 1. The minimum Gasteiger partial charge on any atom is -0.372 e. The molecule has 3 heteroatoms. The van der Waals surface area contributed by atoms with Gasteiger partial charge in [-0.3, -0.25) is 4.79 Å². The number of carbonyl (C=O) groups is 1. The molecule has 0 spiro atoms. The summed E-state index contributed by atoms with van der Waals surface area (Å²) < 4.78 is 5.19. The van der Waals surface area contributed by atoms with E-state index in [2.05, 4.69) is 5.92 Å². The van der Waals surface area contributed by atoms with Crippen LogP contribution in [0.4, 0.5) is 5.69 Å². The minimum atomic E-state index is 0.345. The van der Waals surface area contributed by atoms with Crippen LogP contribution in [0.25, 0.3) is 0 Å². The summed E-state index contributed by atoms with van der Waals surface area (Å²) in [5.41, 5.74) is 1.73. The van der Waals surface area contributed by atoms with E-state index in [1.54, 1.807) is 12.1 Å². The van der Waals surface area contributed by atoms with Gasteiger partial charge in [0.05, 0.1) is 6.61 Å². The van der Waals surface area contributed by atoms with Gasteiger partial charge in [-0.05, 0) is 24.3 Å². The maximum absolute atomic E-state index is 10.5. The van der Waals surface area contributed by atoms with Crippen LogP contribution in [-0.2, 0) is 4.74 Å². The molecule has 0 N–H and O–H groups in total. The Morgan fingerprint density at radius 3 is 2.69 bits per heavy atom. The standard InChI is InChI=1S/C13H15NO2/c1-3-9-16-10-8-14(2)13-6-4-12(11-15)5-7-13/h1,4-7,11H,8-10H2,2H3. The Kier molecular flexibility index (Phi) is 5.10. The van der Waals surface area contributed by atoms with Crippen LogP contribution < -0.4 is 4.90 Å². The number of carbonyl (C=O) groups excluding carboxylic acids is 1. The van der Waals surface area contributed by atoms with Crippen molar-refractivity contribution >= 4 is 12.0 Å². The number of rotatable bonds is 6. The quantitative estimate of drug-likeness (QED) is 0.411. The van der Waals surface area contributed by atoms with Crippen LogP contribution in [0.15, 0.2) is 24.3 Å². The van der Waals surface area contributed by atoms with Crippen molar-refractivity contribution in [3.63, 3.8) is 0 Å². The van der Waals surface area contributed by atoms with Crippen LogP contribution in [0, 0.1) is 12.3 Å². The molecule has 0 bridgehead atoms. The number of nitrogens with zero attached hydrogens (tertiary/aromatic N) is 1. The van der Waals surface area contributed by atoms with E-state index in [9.17, 15) is 4.79 Å². The number of ether oxygens (including phenoxy) is 1. The summed E-state index contributed by atoms with van der Waals surface area (Å²) in [6.45, 7) is 1.70. The van der Waals surface area contributed by atoms with Gasteiger partial charge in [-0.2, -0.15) is 0 Å². The Morgan fingerprint density at radius 1 is 1.44 bits per heavy atom. The third-order valence-electron chi connectivity index (χ3n) is 2.23. The lowest BCUT2D eigenvalue weighted by atomic mass is 10.2. The summed E-state index contributed by atoms with van der Waals surface area (Å²) in [6, 6.07) is 7.40. The smallest absolute Gasteiger partial charge is 0.150 e. The minimum absolute atomic E-state index is 0.345. The molecule has 1 aromatic carbocycles. The van der Waals surface area contributed by atoms with Crippen molar-refractivity contribution in [2.75, 3.05) is 31.7 Å². The predicted octanol–water partition coefficient (Wildman–Crippen LogP) is 1.59. The average molecular weight is 217 g/mol. The fourth-order valence-electron chi connectivity index (χ4n) is 1.27. The van der Waals surface area contributed by atoms with E-state index < -0.39 is 0 Å². The van der Waals surface area contributed by atoms with Crippen molar-refractivity contribution in [1.82, 2.24) is 0 Å². The van der Waals surface area contributed by atoms with Gasteiger partial charge in [0.2, 0.25) is 0 Å². The zero-order chi connectivity index (χ0) is 11.8. The molecule has 0 radical (unpaired) electrons. The van der Waals surface area contributed by atoms with Crippen molar-refractivity contribution in [2.45, 2.75) is 0 Å². The van der Waals surface area contributed by atoms with Gasteiger partial charge >= 0.3 is 0 Å². The summed E-state index contributed by atoms with van der Waals surface area (Å²) in [7, 11) is 1.97. The van der Waals surface area contributed by atoms with E-state index in [-0.39, 0.29) is 0 Å². The Balaban J connectivity index is 2.43. The normalized spacial score (nSPS) is 9.50. The molecule has 0 amide bonds. The highest BCUT2D eigenvalue weighted by Gasteiger charge is 2.00. The first-order valence-electron chi connectivity index (χ1n) is 5.05. The maximum atomic E-state index is 10.5. The number of hydrogen-bond donors (Lipinski definition) is 0. The van der Waals surface area contributed by atoms with Crippen LogP contribution in [0.3, 0.4) is 0 Å². The lowest BCUT2D eigenvalue weighted by Gasteiger charge is -2.18. The van der Waals surface area contributed by atoms with Crippen LogP contribution in [0.1, 0.15) is 10.4 Å². The molecule has 3 nitrogen and oxygen atoms in total. The highest BCUT2D eigenvalue weighted by atomic mass is 16.5. The molecule has 0 unspecified atom stereocenters. The van der Waals surface area contributed by atoms with Gasteiger partial charge in [-0.25, -0.2) is 0 Å². The second kappa shape index (κ2) is 6.65. The first kappa shape index (κ1) is 12.3. The molecule has 84 valence electrons. The summed E-state index contributed by atoms with van der Waals surface area (Å²) in [4.78, 5) is 12.5. The number of benzene rings is 1. The Hall–Kier alpha value is -1.79. The number of aldehydes is 1. The van der Waals surface area contributed by atoms with E-state index in [4.69, 9.17) is 11.2 Å². The van der Waals surface area contributed by atoms with Crippen molar-refractivity contribution < 1.29 is 9.53 Å². The van der Waals surface area contributed by atoms with Crippen molar-refractivity contribution in [1.29, 1.82) is 0 Å². The van der Waals surface area contributed by atoms with Gasteiger partial charge in [-0.15, -0.1) is 6.42 Å². The summed E-state index contributed by atoms with van der Waals surface area (Å²) in [6.07, 6.45) is 5.90. The molecule has 0 atom stereocenters. The van der Waals surface area contributed by atoms with Gasteiger partial charge in [0.15, 0.2) is 0 Å². The third kappa shape index (κ3) is 3.76. The highest BCUT2D eigenvalue weighted by molar-refractivity contribution is 5.75. The van der Waals surface area contributed by atoms with Gasteiger partial charge in [-0.1, -0.05) is 5.92 Å². The lowest BCUT2D eigenvalue weighted by Crippen LogP contribution is -2.22. The van der Waals surface area contributed by atoms with Crippen molar-refractivity contribution in [2.24, 2.45) is 0 Å². The van der Waals surface area contributed by atoms with E-state index in [0.29, 0.717) is 18.8 Å². The van der Waals surface area contributed by atoms with Crippen LogP contribution in [0.5, 0.6) is 0 Å². The molecular formula is C13H15NO2. The molecule has 0 aliphatic heterocycles. The Labute approximate surface area is 96.0 Å². The zero-order valence-electron chi connectivity index (χ0n) is 9.35. The van der Waals surface area contributed by atoms with Crippen molar-refractivity contribution in [3.05, 3.63) is 29.8 Å². The molecule has 1 rings (SSSR count). The Bertz CT molecular complexity index is 365. The first-order chi connectivity index (χ1) is 7.77. The second-order valence-electron chi connectivity index (χ2n) is 3.39. The van der Waals surface area contributed by atoms with E-state index in [1.165, 1.54) is 0 Å². The molecule has 0 aromatic heterocycles.